The van der Waals surface area contributed by atoms with Crippen molar-refractivity contribution in [1.29, 1.82) is 0 Å². The Kier molecular flexibility index (Phi) is 5.36. The van der Waals surface area contributed by atoms with Crippen molar-refractivity contribution in [2.75, 3.05) is 23.3 Å². The number of anilines is 3. The first-order chi connectivity index (χ1) is 10.6. The van der Waals surface area contributed by atoms with Gasteiger partial charge in [0.2, 0.25) is 0 Å². The van der Waals surface area contributed by atoms with Crippen LogP contribution in [0.3, 0.4) is 0 Å². The van der Waals surface area contributed by atoms with E-state index in [4.69, 9.17) is 0 Å². The van der Waals surface area contributed by atoms with E-state index in [1.165, 1.54) is 11.1 Å². The van der Waals surface area contributed by atoms with Crippen LogP contribution in [0.5, 0.6) is 0 Å². The summed E-state index contributed by atoms with van der Waals surface area (Å²) in [6.45, 7) is 12.7. The van der Waals surface area contributed by atoms with Gasteiger partial charge in [0.25, 0.3) is 0 Å². The zero-order chi connectivity index (χ0) is 16.1. The molecule has 1 aromatic carbocycles. The maximum Gasteiger partial charge on any atom is 0.135 e. The number of aryl methyl sites for hydroxylation is 1. The highest BCUT2D eigenvalue weighted by molar-refractivity contribution is 5.66. The molecule has 118 valence electrons. The monoisotopic (exact) mass is 298 g/mol. The van der Waals surface area contributed by atoms with Crippen LogP contribution in [0.1, 0.15) is 44.7 Å². The second-order valence-electron chi connectivity index (χ2n) is 5.75. The van der Waals surface area contributed by atoms with E-state index in [1.54, 1.807) is 6.33 Å². The van der Waals surface area contributed by atoms with Crippen LogP contribution in [-0.4, -0.2) is 23.1 Å². The minimum atomic E-state index is 0.464. The summed E-state index contributed by atoms with van der Waals surface area (Å²) in [5, 5.41) is 3.49. The van der Waals surface area contributed by atoms with Crippen molar-refractivity contribution in [3.05, 3.63) is 41.7 Å². The van der Waals surface area contributed by atoms with Crippen LogP contribution in [0.15, 0.2) is 30.6 Å². The van der Waals surface area contributed by atoms with E-state index in [1.807, 2.05) is 6.07 Å². The van der Waals surface area contributed by atoms with Crippen LogP contribution in [0.2, 0.25) is 0 Å². The molecule has 2 rings (SSSR count). The van der Waals surface area contributed by atoms with E-state index >= 15 is 0 Å². The number of nitrogens with one attached hydrogen (secondary N) is 1. The van der Waals surface area contributed by atoms with Crippen molar-refractivity contribution in [1.82, 2.24) is 9.97 Å². The Labute approximate surface area is 133 Å². The summed E-state index contributed by atoms with van der Waals surface area (Å²) in [4.78, 5) is 11.0. The van der Waals surface area contributed by atoms with Gasteiger partial charge in [-0.2, -0.15) is 0 Å². The number of para-hydroxylation sites is 1. The molecule has 2 aromatic rings. The third-order valence-electron chi connectivity index (χ3n) is 3.92. The average molecular weight is 298 g/mol. The van der Waals surface area contributed by atoms with E-state index < -0.39 is 0 Å². The van der Waals surface area contributed by atoms with Gasteiger partial charge in [-0.25, -0.2) is 9.97 Å². The molecule has 0 atom stereocenters. The van der Waals surface area contributed by atoms with Gasteiger partial charge < -0.3 is 10.2 Å². The summed E-state index contributed by atoms with van der Waals surface area (Å²) in [5.74, 6) is 2.27. The van der Waals surface area contributed by atoms with Gasteiger partial charge in [-0.1, -0.05) is 32.0 Å². The Morgan fingerprint density at radius 1 is 1.14 bits per heavy atom. The predicted octanol–water partition coefficient (Wildman–Crippen LogP) is 4.50. The fourth-order valence-electron chi connectivity index (χ4n) is 2.61. The first-order valence-corrected chi connectivity index (χ1v) is 8.00. The van der Waals surface area contributed by atoms with E-state index in [-0.39, 0.29) is 0 Å². The largest absolute Gasteiger partial charge is 0.357 e. The lowest BCUT2D eigenvalue weighted by atomic mass is 9.98. The van der Waals surface area contributed by atoms with Crippen LogP contribution in [0, 0.1) is 6.92 Å². The smallest absolute Gasteiger partial charge is 0.135 e. The molecule has 0 aliphatic rings. The van der Waals surface area contributed by atoms with E-state index in [0.717, 1.165) is 30.4 Å². The molecule has 0 bridgehead atoms. The zero-order valence-corrected chi connectivity index (χ0v) is 14.2. The van der Waals surface area contributed by atoms with Crippen LogP contribution in [0.25, 0.3) is 0 Å². The van der Waals surface area contributed by atoms with Crippen molar-refractivity contribution in [2.45, 2.75) is 40.5 Å². The summed E-state index contributed by atoms with van der Waals surface area (Å²) in [5.41, 5.74) is 3.69. The first kappa shape index (κ1) is 16.3. The lowest BCUT2D eigenvalue weighted by Gasteiger charge is -2.21. The fraction of sp³-hybridized carbons (Fsp3) is 0.444. The predicted molar refractivity (Wildman–Crippen MR) is 94.1 cm³/mol. The van der Waals surface area contributed by atoms with Gasteiger partial charge in [0.15, 0.2) is 0 Å². The highest BCUT2D eigenvalue weighted by Crippen LogP contribution is 2.30. The van der Waals surface area contributed by atoms with E-state index in [9.17, 15) is 0 Å². The van der Waals surface area contributed by atoms with E-state index in [0.29, 0.717) is 5.92 Å². The van der Waals surface area contributed by atoms with Crippen molar-refractivity contribution in [2.24, 2.45) is 0 Å². The van der Waals surface area contributed by atoms with Crippen LogP contribution >= 0.6 is 0 Å². The van der Waals surface area contributed by atoms with Gasteiger partial charge in [0.05, 0.1) is 0 Å². The van der Waals surface area contributed by atoms with Crippen LogP contribution < -0.4 is 10.2 Å². The fourth-order valence-corrected chi connectivity index (χ4v) is 2.61. The van der Waals surface area contributed by atoms with Gasteiger partial charge in [0.1, 0.15) is 18.0 Å². The molecule has 0 saturated carbocycles. The Hall–Kier alpha value is -2.10. The van der Waals surface area contributed by atoms with Crippen LogP contribution in [-0.2, 0) is 0 Å². The average Bonchev–Trinajstić information content (AvgIpc) is 2.51. The standard InChI is InChI=1S/C18H26N4/c1-6-22(7-2)17-11-16(19-12-20-17)21-18-14(5)9-8-10-15(18)13(3)4/h8-13H,6-7H2,1-5H3,(H,19,20,21). The minimum Gasteiger partial charge on any atom is -0.357 e. The van der Waals surface area contributed by atoms with Gasteiger partial charge in [-0.3, -0.25) is 0 Å². The summed E-state index contributed by atoms with van der Waals surface area (Å²) >= 11 is 0. The summed E-state index contributed by atoms with van der Waals surface area (Å²) in [6, 6.07) is 8.42. The third-order valence-corrected chi connectivity index (χ3v) is 3.92. The van der Waals surface area contributed by atoms with Gasteiger partial charge in [0, 0.05) is 24.8 Å². The third kappa shape index (κ3) is 3.56. The molecule has 0 spiro atoms. The number of hydrogen-bond acceptors (Lipinski definition) is 4. The normalized spacial score (nSPS) is 10.8. The summed E-state index contributed by atoms with van der Waals surface area (Å²) < 4.78 is 0. The molecule has 22 heavy (non-hydrogen) atoms. The summed E-state index contributed by atoms with van der Waals surface area (Å²) in [7, 11) is 0. The highest BCUT2D eigenvalue weighted by atomic mass is 15.2. The number of nitrogens with zero attached hydrogens (tertiary/aromatic N) is 3. The Morgan fingerprint density at radius 3 is 2.50 bits per heavy atom. The van der Waals surface area contributed by atoms with Gasteiger partial charge in [-0.05, 0) is 37.8 Å². The Balaban J connectivity index is 2.34. The molecule has 1 N–H and O–H groups in total. The highest BCUT2D eigenvalue weighted by Gasteiger charge is 2.11. The molecule has 4 heteroatoms. The second-order valence-corrected chi connectivity index (χ2v) is 5.75. The molecule has 0 saturated heterocycles. The minimum absolute atomic E-state index is 0.464. The van der Waals surface area contributed by atoms with Crippen molar-refractivity contribution >= 4 is 17.3 Å². The first-order valence-electron chi connectivity index (χ1n) is 8.00. The van der Waals surface area contributed by atoms with Crippen LogP contribution in [0.4, 0.5) is 17.3 Å². The molecular weight excluding hydrogens is 272 g/mol. The maximum atomic E-state index is 4.38. The molecule has 0 aliphatic carbocycles. The number of hydrogen-bond donors (Lipinski definition) is 1. The molecule has 4 nitrogen and oxygen atoms in total. The molecule has 1 aromatic heterocycles. The summed E-state index contributed by atoms with van der Waals surface area (Å²) in [6.07, 6.45) is 1.63. The number of benzene rings is 1. The molecule has 0 aliphatic heterocycles. The molecule has 0 unspecified atom stereocenters. The maximum absolute atomic E-state index is 4.38. The van der Waals surface area contributed by atoms with Crippen molar-refractivity contribution < 1.29 is 0 Å². The Bertz CT molecular complexity index is 618. The SMILES string of the molecule is CCN(CC)c1cc(Nc2c(C)cccc2C(C)C)ncn1. The second kappa shape index (κ2) is 7.25. The van der Waals surface area contributed by atoms with Gasteiger partial charge >= 0.3 is 0 Å². The van der Waals surface area contributed by atoms with E-state index in [2.05, 4.69) is 73.0 Å². The Morgan fingerprint density at radius 2 is 1.86 bits per heavy atom. The quantitative estimate of drug-likeness (QED) is 0.852. The molecule has 0 radical (unpaired) electrons. The van der Waals surface area contributed by atoms with Crippen molar-refractivity contribution in [3.63, 3.8) is 0 Å². The number of aromatic nitrogens is 2. The number of rotatable bonds is 6. The molecule has 1 heterocycles. The molecular formula is C18H26N4. The lowest BCUT2D eigenvalue weighted by Crippen LogP contribution is -2.23. The zero-order valence-electron chi connectivity index (χ0n) is 14.2. The molecule has 0 fully saturated rings. The molecule has 0 amide bonds. The van der Waals surface area contributed by atoms with Gasteiger partial charge in [-0.15, -0.1) is 0 Å². The lowest BCUT2D eigenvalue weighted by molar-refractivity contribution is 0.841. The van der Waals surface area contributed by atoms with Crippen molar-refractivity contribution in [3.8, 4) is 0 Å². The topological polar surface area (TPSA) is 41.0 Å².